The van der Waals surface area contributed by atoms with Crippen molar-refractivity contribution in [3.8, 4) is 11.1 Å². The van der Waals surface area contributed by atoms with Gasteiger partial charge >= 0.3 is 0 Å². The Bertz CT molecular complexity index is 650. The second kappa shape index (κ2) is 9.63. The molecular formula is C20H23NO3. The van der Waals surface area contributed by atoms with Crippen LogP contribution in [-0.4, -0.2) is 16.9 Å². The first-order valence-electron chi connectivity index (χ1n) is 8.32. The van der Waals surface area contributed by atoms with Gasteiger partial charge in [0.05, 0.1) is 0 Å². The molecule has 2 rings (SSSR count). The first-order valence-corrected chi connectivity index (χ1v) is 8.32. The highest BCUT2D eigenvalue weighted by atomic mass is 16.5. The third-order valence-electron chi connectivity index (χ3n) is 4.00. The molecule has 0 bridgehead atoms. The zero-order valence-electron chi connectivity index (χ0n) is 13.7. The zero-order chi connectivity index (χ0) is 17.2. The number of amides is 1. The molecule has 0 aromatic heterocycles. The molecule has 0 atom stereocenters. The van der Waals surface area contributed by atoms with Crippen molar-refractivity contribution in [1.82, 2.24) is 5.48 Å². The van der Waals surface area contributed by atoms with Crippen LogP contribution in [0.4, 0.5) is 0 Å². The maximum absolute atomic E-state index is 12.2. The molecule has 0 saturated carbocycles. The first kappa shape index (κ1) is 17.9. The van der Waals surface area contributed by atoms with Crippen LogP contribution in [0.1, 0.15) is 48.9 Å². The highest BCUT2D eigenvalue weighted by molar-refractivity contribution is 5.96. The van der Waals surface area contributed by atoms with Gasteiger partial charge in [0.25, 0.3) is 0 Å². The third kappa shape index (κ3) is 5.63. The van der Waals surface area contributed by atoms with Gasteiger partial charge in [0.15, 0.2) is 5.78 Å². The largest absolute Gasteiger partial charge is 0.294 e. The molecule has 4 nitrogen and oxygen atoms in total. The molecule has 1 amide bonds. The minimum absolute atomic E-state index is 0.155. The number of carbonyl (C=O) groups is 2. The van der Waals surface area contributed by atoms with Crippen LogP contribution in [0.25, 0.3) is 11.1 Å². The van der Waals surface area contributed by atoms with Gasteiger partial charge in [-0.15, -0.1) is 0 Å². The van der Waals surface area contributed by atoms with Crippen molar-refractivity contribution in [2.75, 3.05) is 0 Å². The van der Waals surface area contributed by atoms with E-state index in [4.69, 9.17) is 5.21 Å². The van der Waals surface area contributed by atoms with Crippen LogP contribution < -0.4 is 5.48 Å². The Balaban J connectivity index is 1.74. The molecule has 2 N–H and O–H groups in total. The van der Waals surface area contributed by atoms with Crippen LogP contribution in [0.5, 0.6) is 0 Å². The van der Waals surface area contributed by atoms with Gasteiger partial charge in [0.1, 0.15) is 0 Å². The second-order valence-corrected chi connectivity index (χ2v) is 5.82. The van der Waals surface area contributed by atoms with Crippen LogP contribution in [0.15, 0.2) is 54.6 Å². The number of hydrogen-bond donors (Lipinski definition) is 2. The number of Topliss-reactive ketones (excluding diaryl/α,β-unsaturated/α-hetero) is 1. The average molecular weight is 325 g/mol. The first-order chi connectivity index (χ1) is 11.7. The molecule has 0 spiro atoms. The van der Waals surface area contributed by atoms with E-state index in [0.29, 0.717) is 12.8 Å². The zero-order valence-corrected chi connectivity index (χ0v) is 13.7. The van der Waals surface area contributed by atoms with Crippen LogP contribution in [0, 0.1) is 0 Å². The lowest BCUT2D eigenvalue weighted by atomic mass is 10.00. The van der Waals surface area contributed by atoms with E-state index in [1.54, 1.807) is 5.48 Å². The van der Waals surface area contributed by atoms with E-state index in [9.17, 15) is 9.59 Å². The SMILES string of the molecule is O=C(CCCCCCC(=O)c1ccc(-c2ccccc2)cc1)NO. The normalized spacial score (nSPS) is 10.4. The molecule has 2 aromatic carbocycles. The van der Waals surface area contributed by atoms with E-state index in [2.05, 4.69) is 0 Å². The van der Waals surface area contributed by atoms with Gasteiger partial charge in [-0.3, -0.25) is 14.8 Å². The smallest absolute Gasteiger partial charge is 0.243 e. The predicted molar refractivity (Wildman–Crippen MR) is 93.8 cm³/mol. The summed E-state index contributed by atoms with van der Waals surface area (Å²) >= 11 is 0. The van der Waals surface area contributed by atoms with Gasteiger partial charge in [-0.05, 0) is 24.0 Å². The lowest BCUT2D eigenvalue weighted by molar-refractivity contribution is -0.129. The highest BCUT2D eigenvalue weighted by Gasteiger charge is 2.06. The lowest BCUT2D eigenvalue weighted by Gasteiger charge is -2.05. The topological polar surface area (TPSA) is 66.4 Å². The van der Waals surface area contributed by atoms with E-state index < -0.39 is 0 Å². The van der Waals surface area contributed by atoms with E-state index in [1.807, 2.05) is 54.6 Å². The third-order valence-corrected chi connectivity index (χ3v) is 4.00. The summed E-state index contributed by atoms with van der Waals surface area (Å²) in [6.45, 7) is 0. The van der Waals surface area contributed by atoms with Crippen LogP contribution in [0.2, 0.25) is 0 Å². The Hall–Kier alpha value is -2.46. The number of nitrogens with one attached hydrogen (secondary N) is 1. The fourth-order valence-corrected chi connectivity index (χ4v) is 2.60. The summed E-state index contributed by atoms with van der Waals surface area (Å²) < 4.78 is 0. The number of rotatable bonds is 9. The van der Waals surface area contributed by atoms with E-state index in [-0.39, 0.29) is 11.7 Å². The van der Waals surface area contributed by atoms with Crippen molar-refractivity contribution in [1.29, 1.82) is 0 Å². The van der Waals surface area contributed by atoms with Crippen LogP contribution in [0.3, 0.4) is 0 Å². The molecule has 0 fully saturated rings. The number of carbonyl (C=O) groups excluding carboxylic acids is 2. The molecule has 126 valence electrons. The number of benzene rings is 2. The minimum Gasteiger partial charge on any atom is -0.294 e. The van der Waals surface area contributed by atoms with E-state index >= 15 is 0 Å². The molecule has 0 saturated heterocycles. The maximum Gasteiger partial charge on any atom is 0.243 e. The van der Waals surface area contributed by atoms with E-state index in [0.717, 1.165) is 42.4 Å². The van der Waals surface area contributed by atoms with E-state index in [1.165, 1.54) is 0 Å². The molecule has 2 aromatic rings. The molecule has 0 heterocycles. The fraction of sp³-hybridized carbons (Fsp3) is 0.300. The standard InChI is InChI=1S/C20H23NO3/c22-19(10-6-1-2-7-11-20(23)21-24)18-14-12-17(13-15-18)16-8-4-3-5-9-16/h3-5,8-9,12-15,24H,1-2,6-7,10-11H2,(H,21,23). The summed E-state index contributed by atoms with van der Waals surface area (Å²) in [6, 6.07) is 17.8. The summed E-state index contributed by atoms with van der Waals surface area (Å²) in [4.78, 5) is 23.0. The molecule has 0 aliphatic rings. The van der Waals surface area contributed by atoms with Gasteiger partial charge in [-0.2, -0.15) is 0 Å². The quantitative estimate of drug-likeness (QED) is 0.311. The molecule has 0 unspecified atom stereocenters. The molecule has 4 heteroatoms. The Morgan fingerprint density at radius 1 is 0.750 bits per heavy atom. The van der Waals surface area contributed by atoms with Gasteiger partial charge in [0.2, 0.25) is 5.91 Å². The molecule has 0 aliphatic heterocycles. The predicted octanol–water partition coefficient (Wildman–Crippen LogP) is 4.38. The van der Waals surface area contributed by atoms with Crippen molar-refractivity contribution >= 4 is 11.7 Å². The Labute approximate surface area is 142 Å². The summed E-state index contributed by atoms with van der Waals surface area (Å²) in [7, 11) is 0. The van der Waals surface area contributed by atoms with Gasteiger partial charge in [-0.25, -0.2) is 5.48 Å². The van der Waals surface area contributed by atoms with Crippen molar-refractivity contribution in [3.63, 3.8) is 0 Å². The molecular weight excluding hydrogens is 302 g/mol. The lowest BCUT2D eigenvalue weighted by Crippen LogP contribution is -2.17. The van der Waals surface area contributed by atoms with Crippen molar-refractivity contribution in [2.24, 2.45) is 0 Å². The molecule has 24 heavy (non-hydrogen) atoms. The summed E-state index contributed by atoms with van der Waals surface area (Å²) in [5, 5.41) is 8.38. The minimum atomic E-state index is -0.357. The second-order valence-electron chi connectivity index (χ2n) is 5.82. The Morgan fingerprint density at radius 2 is 1.33 bits per heavy atom. The molecule has 0 radical (unpaired) electrons. The van der Waals surface area contributed by atoms with Crippen molar-refractivity contribution in [3.05, 3.63) is 60.2 Å². The van der Waals surface area contributed by atoms with Crippen molar-refractivity contribution < 1.29 is 14.8 Å². The van der Waals surface area contributed by atoms with Gasteiger partial charge in [0, 0.05) is 18.4 Å². The van der Waals surface area contributed by atoms with Crippen LogP contribution in [-0.2, 0) is 4.79 Å². The number of ketones is 1. The van der Waals surface area contributed by atoms with Crippen LogP contribution >= 0.6 is 0 Å². The number of hydrogen-bond acceptors (Lipinski definition) is 3. The summed E-state index contributed by atoms with van der Waals surface area (Å²) in [6.07, 6.45) is 4.19. The Kier molecular flexibility index (Phi) is 7.18. The fourth-order valence-electron chi connectivity index (χ4n) is 2.60. The summed E-state index contributed by atoms with van der Waals surface area (Å²) in [5.74, 6) is -0.202. The molecule has 0 aliphatic carbocycles. The number of hydroxylamine groups is 1. The highest BCUT2D eigenvalue weighted by Crippen LogP contribution is 2.20. The van der Waals surface area contributed by atoms with Gasteiger partial charge < -0.3 is 0 Å². The maximum atomic E-state index is 12.2. The Morgan fingerprint density at radius 3 is 1.96 bits per heavy atom. The van der Waals surface area contributed by atoms with Gasteiger partial charge in [-0.1, -0.05) is 67.4 Å². The monoisotopic (exact) mass is 325 g/mol. The average Bonchev–Trinajstić information content (AvgIpc) is 2.65. The summed E-state index contributed by atoms with van der Waals surface area (Å²) in [5.41, 5.74) is 4.61. The van der Waals surface area contributed by atoms with Crippen molar-refractivity contribution in [2.45, 2.75) is 38.5 Å². The number of unbranched alkanes of at least 4 members (excludes halogenated alkanes) is 3.